The molecule has 0 saturated heterocycles. The van der Waals surface area contributed by atoms with E-state index in [9.17, 15) is 0 Å². The fraction of sp³-hybridized carbons (Fsp3) is 0.538. The van der Waals surface area contributed by atoms with E-state index in [0.29, 0.717) is 0 Å². The minimum atomic E-state index is 0.785. The maximum atomic E-state index is 5.81. The average molecular weight is 208 g/mol. The lowest BCUT2D eigenvalue weighted by molar-refractivity contribution is -0.858. The summed E-state index contributed by atoms with van der Waals surface area (Å²) in [6.45, 7) is 8.16. The van der Waals surface area contributed by atoms with Crippen LogP contribution in [-0.2, 0) is 0 Å². The van der Waals surface area contributed by atoms with Gasteiger partial charge < -0.3 is 9.64 Å². The molecule has 15 heavy (non-hydrogen) atoms. The van der Waals surface area contributed by atoms with Gasteiger partial charge in [0, 0.05) is 0 Å². The van der Waals surface area contributed by atoms with Gasteiger partial charge in [-0.3, -0.25) is 0 Å². The normalized spacial score (nSPS) is 10.8. The molecule has 2 heteroatoms. The van der Waals surface area contributed by atoms with Gasteiger partial charge in [0.05, 0.1) is 14.1 Å². The van der Waals surface area contributed by atoms with Crippen LogP contribution in [0.1, 0.15) is 16.7 Å². The lowest BCUT2D eigenvalue weighted by Crippen LogP contribution is -3.06. The van der Waals surface area contributed by atoms with Gasteiger partial charge in [-0.15, -0.1) is 0 Å². The number of hydrogen-bond acceptors (Lipinski definition) is 1. The Balaban J connectivity index is 2.68. The minimum Gasteiger partial charge on any atom is -0.487 e. The Morgan fingerprint density at radius 3 is 2.07 bits per heavy atom. The van der Waals surface area contributed by atoms with E-state index < -0.39 is 0 Å². The zero-order chi connectivity index (χ0) is 11.4. The van der Waals surface area contributed by atoms with Gasteiger partial charge >= 0.3 is 0 Å². The monoisotopic (exact) mass is 208 g/mol. The van der Waals surface area contributed by atoms with Gasteiger partial charge in [-0.05, 0) is 31.9 Å². The van der Waals surface area contributed by atoms with Crippen molar-refractivity contribution in [2.45, 2.75) is 20.8 Å². The predicted molar refractivity (Wildman–Crippen MR) is 63.8 cm³/mol. The van der Waals surface area contributed by atoms with Crippen molar-refractivity contribution in [3.05, 3.63) is 28.8 Å². The Labute approximate surface area is 92.9 Å². The molecule has 1 aromatic rings. The average Bonchev–Trinajstić information content (AvgIpc) is 2.08. The van der Waals surface area contributed by atoms with Crippen molar-refractivity contribution in [2.75, 3.05) is 27.2 Å². The van der Waals surface area contributed by atoms with E-state index >= 15 is 0 Å². The predicted octanol–water partition coefficient (Wildman–Crippen LogP) is 1.14. The molecule has 0 bridgehead atoms. The first kappa shape index (κ1) is 12.1. The van der Waals surface area contributed by atoms with Crippen LogP contribution >= 0.6 is 0 Å². The third-order valence-corrected chi connectivity index (χ3v) is 2.45. The molecule has 1 N–H and O–H groups in total. The zero-order valence-corrected chi connectivity index (χ0v) is 10.5. The lowest BCUT2D eigenvalue weighted by Gasteiger charge is -2.14. The highest BCUT2D eigenvalue weighted by Crippen LogP contribution is 2.24. The number of ether oxygens (including phenoxy) is 1. The van der Waals surface area contributed by atoms with Crippen LogP contribution in [0.5, 0.6) is 5.75 Å². The first-order valence-electron chi connectivity index (χ1n) is 5.50. The standard InChI is InChI=1S/C13H21NO/c1-10-8-11(2)13(12(3)9-10)15-7-6-14(4)5/h8-9H,6-7H2,1-5H3/p+1. The van der Waals surface area contributed by atoms with Crippen LogP contribution < -0.4 is 9.64 Å². The van der Waals surface area contributed by atoms with Crippen LogP contribution in [0, 0.1) is 20.8 Å². The van der Waals surface area contributed by atoms with Crippen LogP contribution in [0.3, 0.4) is 0 Å². The van der Waals surface area contributed by atoms with Crippen molar-refractivity contribution in [3.63, 3.8) is 0 Å². The van der Waals surface area contributed by atoms with E-state index in [1.165, 1.54) is 21.6 Å². The van der Waals surface area contributed by atoms with Crippen molar-refractivity contribution in [1.29, 1.82) is 0 Å². The van der Waals surface area contributed by atoms with Gasteiger partial charge in [-0.25, -0.2) is 0 Å². The molecule has 0 amide bonds. The topological polar surface area (TPSA) is 13.7 Å². The van der Waals surface area contributed by atoms with Crippen LogP contribution in [0.4, 0.5) is 0 Å². The number of quaternary nitrogens is 1. The molecule has 0 aliphatic heterocycles. The molecule has 2 nitrogen and oxygen atoms in total. The summed E-state index contributed by atoms with van der Waals surface area (Å²) in [5.41, 5.74) is 3.78. The molecule has 0 saturated carbocycles. The quantitative estimate of drug-likeness (QED) is 0.783. The first-order chi connectivity index (χ1) is 7.00. The number of benzene rings is 1. The molecule has 0 unspecified atom stereocenters. The van der Waals surface area contributed by atoms with Gasteiger partial charge in [-0.1, -0.05) is 17.7 Å². The lowest BCUT2D eigenvalue weighted by atomic mass is 10.1. The van der Waals surface area contributed by atoms with Crippen molar-refractivity contribution < 1.29 is 9.64 Å². The number of hydrogen-bond donors (Lipinski definition) is 1. The second-order valence-electron chi connectivity index (χ2n) is 4.53. The van der Waals surface area contributed by atoms with E-state index in [0.717, 1.165) is 18.9 Å². The van der Waals surface area contributed by atoms with Gasteiger partial charge in [0.15, 0.2) is 0 Å². The molecular formula is C13H22NO+. The Morgan fingerprint density at radius 1 is 1.07 bits per heavy atom. The zero-order valence-electron chi connectivity index (χ0n) is 10.5. The third-order valence-electron chi connectivity index (χ3n) is 2.45. The van der Waals surface area contributed by atoms with Crippen LogP contribution in [0.25, 0.3) is 0 Å². The van der Waals surface area contributed by atoms with Crippen molar-refractivity contribution in [3.8, 4) is 5.75 Å². The van der Waals surface area contributed by atoms with Crippen molar-refractivity contribution >= 4 is 0 Å². The summed E-state index contributed by atoms with van der Waals surface area (Å²) < 4.78 is 5.81. The van der Waals surface area contributed by atoms with E-state index in [1.807, 2.05) is 0 Å². The van der Waals surface area contributed by atoms with Gasteiger partial charge in [0.1, 0.15) is 18.9 Å². The first-order valence-corrected chi connectivity index (χ1v) is 5.50. The smallest absolute Gasteiger partial charge is 0.137 e. The summed E-state index contributed by atoms with van der Waals surface area (Å²) in [6.07, 6.45) is 0. The molecule has 1 rings (SSSR count). The molecule has 0 radical (unpaired) electrons. The molecule has 1 aromatic carbocycles. The molecule has 0 spiro atoms. The highest BCUT2D eigenvalue weighted by molar-refractivity contribution is 5.42. The summed E-state index contributed by atoms with van der Waals surface area (Å²) in [5, 5.41) is 0. The SMILES string of the molecule is Cc1cc(C)c(OCC[NH+](C)C)c(C)c1. The van der Waals surface area contributed by atoms with Gasteiger partial charge in [0.2, 0.25) is 0 Å². The summed E-state index contributed by atoms with van der Waals surface area (Å²) in [6, 6.07) is 4.34. The molecular weight excluding hydrogens is 186 g/mol. The summed E-state index contributed by atoms with van der Waals surface area (Å²) in [4.78, 5) is 1.41. The third kappa shape index (κ3) is 3.56. The fourth-order valence-corrected chi connectivity index (χ4v) is 1.75. The summed E-state index contributed by atoms with van der Waals surface area (Å²) in [5.74, 6) is 1.06. The van der Waals surface area contributed by atoms with Gasteiger partial charge in [-0.2, -0.15) is 0 Å². The Hall–Kier alpha value is -1.02. The number of nitrogens with one attached hydrogen (secondary N) is 1. The Morgan fingerprint density at radius 2 is 1.60 bits per heavy atom. The fourth-order valence-electron chi connectivity index (χ4n) is 1.75. The van der Waals surface area contributed by atoms with E-state index in [1.54, 1.807) is 0 Å². The molecule has 0 aliphatic rings. The molecule has 0 aliphatic carbocycles. The Bertz CT molecular complexity index is 308. The minimum absolute atomic E-state index is 0.785. The van der Waals surface area contributed by atoms with E-state index in [4.69, 9.17) is 4.74 Å². The van der Waals surface area contributed by atoms with Crippen LogP contribution in [-0.4, -0.2) is 27.2 Å². The Kier molecular flexibility index (Phi) is 4.15. The number of rotatable bonds is 4. The molecule has 0 heterocycles. The molecule has 0 fully saturated rings. The second-order valence-corrected chi connectivity index (χ2v) is 4.53. The molecule has 0 aromatic heterocycles. The van der Waals surface area contributed by atoms with Crippen LogP contribution in [0.15, 0.2) is 12.1 Å². The second kappa shape index (κ2) is 5.17. The molecule has 84 valence electrons. The van der Waals surface area contributed by atoms with E-state index in [2.05, 4.69) is 47.0 Å². The van der Waals surface area contributed by atoms with E-state index in [-0.39, 0.29) is 0 Å². The largest absolute Gasteiger partial charge is 0.487 e. The van der Waals surface area contributed by atoms with Gasteiger partial charge in [0.25, 0.3) is 0 Å². The maximum absolute atomic E-state index is 5.81. The highest BCUT2D eigenvalue weighted by atomic mass is 16.5. The van der Waals surface area contributed by atoms with Crippen LogP contribution in [0.2, 0.25) is 0 Å². The maximum Gasteiger partial charge on any atom is 0.137 e. The van der Waals surface area contributed by atoms with Crippen molar-refractivity contribution in [2.24, 2.45) is 0 Å². The van der Waals surface area contributed by atoms with Crippen molar-refractivity contribution in [1.82, 2.24) is 0 Å². The highest BCUT2D eigenvalue weighted by Gasteiger charge is 2.05. The molecule has 0 atom stereocenters. The number of aryl methyl sites for hydroxylation is 3. The number of likely N-dealkylation sites (N-methyl/N-ethyl adjacent to an activating group) is 1. The summed E-state index contributed by atoms with van der Waals surface area (Å²) in [7, 11) is 4.27. The summed E-state index contributed by atoms with van der Waals surface area (Å²) >= 11 is 0.